The molecule has 0 aromatic rings. The van der Waals surface area contributed by atoms with Crippen LogP contribution < -0.4 is 0 Å². The molecule has 0 aromatic heterocycles. The van der Waals surface area contributed by atoms with Crippen molar-refractivity contribution in [3.05, 3.63) is 6.61 Å². The van der Waals surface area contributed by atoms with E-state index in [2.05, 4.69) is 0 Å². The smallest absolute Gasteiger partial charge is 0.115 e. The molecule has 0 amide bonds. The van der Waals surface area contributed by atoms with Crippen LogP contribution in [0, 0.1) is 6.61 Å². The molecular weight excluding hydrogens is 152 g/mol. The maximum Gasteiger partial charge on any atom is 0.115 e. The Morgan fingerprint density at radius 2 is 1.73 bits per heavy atom. The molecule has 1 aliphatic heterocycles. The molecule has 1 aliphatic rings. The fraction of sp³-hybridized carbons (Fsp3) is 0.833. The van der Waals surface area contributed by atoms with Crippen molar-refractivity contribution in [2.75, 3.05) is 0 Å². The van der Waals surface area contributed by atoms with Gasteiger partial charge in [0.1, 0.15) is 24.9 Å². The minimum absolute atomic E-state index is 0. The van der Waals surface area contributed by atoms with Gasteiger partial charge in [0.15, 0.2) is 0 Å². The van der Waals surface area contributed by atoms with Crippen molar-refractivity contribution in [3.8, 4) is 0 Å². The minimum Gasteiger partial charge on any atom is -0.412 e. The molecule has 1 fully saturated rings. The van der Waals surface area contributed by atoms with Crippen LogP contribution in [0.5, 0.6) is 0 Å². The number of aliphatic hydroxyl groups is 3. The summed E-state index contributed by atoms with van der Waals surface area (Å²) < 4.78 is 4.79. The van der Waals surface area contributed by atoms with E-state index in [-0.39, 0.29) is 5.48 Å². The van der Waals surface area contributed by atoms with Crippen LogP contribution in [0.25, 0.3) is 0 Å². The van der Waals surface area contributed by atoms with Crippen molar-refractivity contribution in [2.24, 2.45) is 0 Å². The first-order valence-corrected chi connectivity index (χ1v) is 3.16. The van der Waals surface area contributed by atoms with Crippen molar-refractivity contribution >= 4 is 0 Å². The molecule has 1 rings (SSSR count). The lowest BCUT2D eigenvalue weighted by Gasteiger charge is -2.32. The van der Waals surface area contributed by atoms with Gasteiger partial charge in [0, 0.05) is 0 Å². The summed E-state index contributed by atoms with van der Waals surface area (Å²) in [5.41, 5.74) is 0. The third-order valence-corrected chi connectivity index (χ3v) is 1.61. The van der Waals surface area contributed by atoms with Gasteiger partial charge in [-0.15, -0.1) is 0 Å². The maximum absolute atomic E-state index is 9.06. The van der Waals surface area contributed by atoms with Crippen LogP contribution in [0.4, 0.5) is 0 Å². The Kier molecular flexibility index (Phi) is 3.91. The van der Waals surface area contributed by atoms with Crippen LogP contribution in [0.1, 0.15) is 6.92 Å². The molecular formula is C6H13O5. The molecule has 11 heavy (non-hydrogen) atoms. The van der Waals surface area contributed by atoms with Gasteiger partial charge in [-0.1, -0.05) is 0 Å². The summed E-state index contributed by atoms with van der Waals surface area (Å²) in [5, 5.41) is 26.9. The normalized spacial score (nSPS) is 44.7. The topological polar surface area (TPSA) is 101 Å². The predicted octanol–water partition coefficient (Wildman–Crippen LogP) is -2.18. The van der Waals surface area contributed by atoms with Crippen LogP contribution in [-0.2, 0) is 4.74 Å². The Balaban J connectivity index is 0.000001000. The first kappa shape index (κ1) is 10.8. The van der Waals surface area contributed by atoms with Gasteiger partial charge in [0.25, 0.3) is 0 Å². The molecule has 5 nitrogen and oxygen atoms in total. The summed E-state index contributed by atoms with van der Waals surface area (Å²) in [5.74, 6) is 0. The molecule has 1 saturated heterocycles. The van der Waals surface area contributed by atoms with Crippen LogP contribution in [0.2, 0.25) is 0 Å². The lowest BCUT2D eigenvalue weighted by molar-refractivity contribution is -0.155. The molecule has 0 bridgehead atoms. The van der Waals surface area contributed by atoms with E-state index in [9.17, 15) is 0 Å². The van der Waals surface area contributed by atoms with Crippen molar-refractivity contribution in [3.63, 3.8) is 0 Å². The number of ether oxygens (including phenoxy) is 1. The highest BCUT2D eigenvalue weighted by atomic mass is 16.5. The molecule has 0 saturated carbocycles. The summed E-state index contributed by atoms with van der Waals surface area (Å²) in [7, 11) is 0. The Morgan fingerprint density at radius 3 is 2.18 bits per heavy atom. The van der Waals surface area contributed by atoms with Crippen molar-refractivity contribution in [1.29, 1.82) is 0 Å². The third kappa shape index (κ3) is 2.11. The van der Waals surface area contributed by atoms with Gasteiger partial charge in [-0.3, -0.25) is 0 Å². The molecule has 0 aliphatic carbocycles. The van der Waals surface area contributed by atoms with Gasteiger partial charge in [0.05, 0.1) is 6.10 Å². The average Bonchev–Trinajstić information content (AvgIpc) is 1.93. The number of aliphatic hydroxyl groups excluding tert-OH is 3. The van der Waals surface area contributed by atoms with E-state index in [0.29, 0.717) is 0 Å². The quantitative estimate of drug-likeness (QED) is 0.380. The standard InChI is InChI=1S/C6H11O4.H2O/c1-3-5(8)6(9)4(7)2-10-3;/h2-9H,1H3;1H2/t3-,4+,5+,6-;/m1./s1. The van der Waals surface area contributed by atoms with Gasteiger partial charge in [-0.05, 0) is 6.92 Å². The Bertz CT molecular complexity index is 104. The highest BCUT2D eigenvalue weighted by Gasteiger charge is 2.35. The van der Waals surface area contributed by atoms with E-state index in [1.54, 1.807) is 6.92 Å². The summed E-state index contributed by atoms with van der Waals surface area (Å²) in [6.45, 7) is 2.75. The van der Waals surface area contributed by atoms with E-state index >= 15 is 0 Å². The van der Waals surface area contributed by atoms with Gasteiger partial charge in [0.2, 0.25) is 0 Å². The van der Waals surface area contributed by atoms with Crippen LogP contribution in [0.15, 0.2) is 0 Å². The second kappa shape index (κ2) is 3.99. The van der Waals surface area contributed by atoms with Crippen molar-refractivity contribution in [2.45, 2.75) is 31.3 Å². The Morgan fingerprint density at radius 1 is 1.18 bits per heavy atom. The number of hydrogen-bond acceptors (Lipinski definition) is 4. The largest absolute Gasteiger partial charge is 0.412 e. The van der Waals surface area contributed by atoms with Gasteiger partial charge >= 0.3 is 0 Å². The van der Waals surface area contributed by atoms with E-state index in [1.165, 1.54) is 0 Å². The fourth-order valence-electron chi connectivity index (χ4n) is 0.845. The van der Waals surface area contributed by atoms with Crippen LogP contribution in [-0.4, -0.2) is 45.2 Å². The second-order valence-electron chi connectivity index (χ2n) is 2.45. The zero-order chi connectivity index (χ0) is 7.72. The fourth-order valence-corrected chi connectivity index (χ4v) is 0.845. The van der Waals surface area contributed by atoms with Crippen LogP contribution >= 0.6 is 0 Å². The third-order valence-electron chi connectivity index (χ3n) is 1.61. The highest BCUT2D eigenvalue weighted by Crippen LogP contribution is 2.17. The first-order valence-electron chi connectivity index (χ1n) is 3.16. The van der Waals surface area contributed by atoms with E-state index in [0.717, 1.165) is 6.61 Å². The summed E-state index contributed by atoms with van der Waals surface area (Å²) in [6.07, 6.45) is -3.65. The lowest BCUT2D eigenvalue weighted by Crippen LogP contribution is -2.49. The van der Waals surface area contributed by atoms with Crippen molar-refractivity contribution in [1.82, 2.24) is 0 Å². The van der Waals surface area contributed by atoms with Gasteiger partial charge in [-0.25, -0.2) is 0 Å². The van der Waals surface area contributed by atoms with Crippen molar-refractivity contribution < 1.29 is 25.5 Å². The second-order valence-corrected chi connectivity index (χ2v) is 2.45. The molecule has 1 radical (unpaired) electrons. The monoisotopic (exact) mass is 165 g/mol. The van der Waals surface area contributed by atoms with E-state index < -0.39 is 24.4 Å². The SMILES string of the molecule is C[C@H]1O[CH][C@H](O)[C@@H](O)[C@H]1O.O. The molecule has 4 atom stereocenters. The Hall–Kier alpha value is -0.200. The predicted molar refractivity (Wildman–Crippen MR) is 36.5 cm³/mol. The zero-order valence-corrected chi connectivity index (χ0v) is 6.14. The van der Waals surface area contributed by atoms with E-state index in [1.807, 2.05) is 0 Å². The highest BCUT2D eigenvalue weighted by molar-refractivity contribution is 4.89. The van der Waals surface area contributed by atoms with Gasteiger partial charge in [-0.2, -0.15) is 0 Å². The van der Waals surface area contributed by atoms with Crippen LogP contribution in [0.3, 0.4) is 0 Å². The molecule has 1 heterocycles. The summed E-state index contributed by atoms with van der Waals surface area (Å²) in [6, 6.07) is 0. The summed E-state index contributed by atoms with van der Waals surface area (Å²) in [4.78, 5) is 0. The molecule has 0 spiro atoms. The maximum atomic E-state index is 9.06. The summed E-state index contributed by atoms with van der Waals surface area (Å²) >= 11 is 0. The molecule has 0 aromatic carbocycles. The first-order chi connectivity index (χ1) is 4.63. The van der Waals surface area contributed by atoms with E-state index in [4.69, 9.17) is 20.1 Å². The van der Waals surface area contributed by atoms with Gasteiger partial charge < -0.3 is 25.5 Å². The number of rotatable bonds is 0. The lowest BCUT2D eigenvalue weighted by atomic mass is 10.0. The molecule has 5 N–H and O–H groups in total. The minimum atomic E-state index is -1.12. The average molecular weight is 165 g/mol. The Labute approximate surface area is 64.5 Å². The number of hydrogen-bond donors (Lipinski definition) is 3. The zero-order valence-electron chi connectivity index (χ0n) is 6.14. The molecule has 0 unspecified atom stereocenters. The molecule has 67 valence electrons. The molecule has 5 heteroatoms.